The van der Waals surface area contributed by atoms with E-state index >= 15 is 0 Å². The van der Waals surface area contributed by atoms with E-state index in [4.69, 9.17) is 4.74 Å². The summed E-state index contributed by atoms with van der Waals surface area (Å²) in [5.74, 6) is -0.765. The van der Waals surface area contributed by atoms with E-state index in [1.165, 1.54) is 0 Å². The molecule has 92 valence electrons. The van der Waals surface area contributed by atoms with Crippen molar-refractivity contribution in [2.45, 2.75) is 26.2 Å². The molecule has 1 aliphatic heterocycles. The van der Waals surface area contributed by atoms with E-state index in [1.807, 2.05) is 13.0 Å². The summed E-state index contributed by atoms with van der Waals surface area (Å²) in [5.41, 5.74) is 1.26. The number of pyridine rings is 1. The number of aromatic nitrogens is 1. The molecule has 0 radical (unpaired) electrons. The van der Waals surface area contributed by atoms with Crippen molar-refractivity contribution in [2.24, 2.45) is 5.41 Å². The fourth-order valence-corrected chi connectivity index (χ4v) is 2.34. The Morgan fingerprint density at radius 2 is 2.41 bits per heavy atom. The fourth-order valence-electron chi connectivity index (χ4n) is 2.34. The molecule has 0 aliphatic carbocycles. The maximum Gasteiger partial charge on any atom is 0.312 e. The minimum atomic E-state index is -0.770. The molecule has 0 spiro atoms. The van der Waals surface area contributed by atoms with Crippen molar-refractivity contribution in [1.82, 2.24) is 4.98 Å². The quantitative estimate of drug-likeness (QED) is 0.868. The van der Waals surface area contributed by atoms with Gasteiger partial charge in [0.1, 0.15) is 0 Å². The first-order valence-electron chi connectivity index (χ1n) is 5.84. The lowest BCUT2D eigenvalue weighted by molar-refractivity contribution is -0.157. The molecular weight excluding hydrogens is 218 g/mol. The molecule has 4 heteroatoms. The first-order chi connectivity index (χ1) is 8.12. The number of ether oxygens (including phenoxy) is 1. The average Bonchev–Trinajstić information content (AvgIpc) is 2.30. The largest absolute Gasteiger partial charge is 0.481 e. The van der Waals surface area contributed by atoms with Crippen LogP contribution >= 0.6 is 0 Å². The third kappa shape index (κ3) is 2.64. The van der Waals surface area contributed by atoms with Crippen molar-refractivity contribution in [3.8, 4) is 0 Å². The molecule has 17 heavy (non-hydrogen) atoms. The van der Waals surface area contributed by atoms with Gasteiger partial charge in [0.05, 0.1) is 12.0 Å². The number of nitrogens with zero attached hydrogens (tertiary/aromatic N) is 1. The highest BCUT2D eigenvalue weighted by Gasteiger charge is 2.40. The van der Waals surface area contributed by atoms with Crippen molar-refractivity contribution in [3.05, 3.63) is 29.6 Å². The second-order valence-electron chi connectivity index (χ2n) is 4.79. The van der Waals surface area contributed by atoms with Gasteiger partial charge in [-0.15, -0.1) is 0 Å². The van der Waals surface area contributed by atoms with Crippen LogP contribution in [0.25, 0.3) is 0 Å². The van der Waals surface area contributed by atoms with Crippen molar-refractivity contribution in [2.75, 3.05) is 13.2 Å². The van der Waals surface area contributed by atoms with Crippen LogP contribution in [0, 0.1) is 12.3 Å². The molecule has 1 aromatic rings. The lowest BCUT2D eigenvalue weighted by atomic mass is 9.77. The Balaban J connectivity index is 2.20. The third-order valence-corrected chi connectivity index (χ3v) is 3.25. The van der Waals surface area contributed by atoms with Crippen molar-refractivity contribution >= 4 is 5.97 Å². The van der Waals surface area contributed by atoms with E-state index in [0.29, 0.717) is 26.1 Å². The molecular formula is C13H17NO3. The van der Waals surface area contributed by atoms with Crippen molar-refractivity contribution < 1.29 is 14.6 Å². The second-order valence-corrected chi connectivity index (χ2v) is 4.79. The predicted octanol–water partition coefficient (Wildman–Crippen LogP) is 1.81. The van der Waals surface area contributed by atoms with Gasteiger partial charge in [-0.3, -0.25) is 9.78 Å². The van der Waals surface area contributed by atoms with Gasteiger partial charge in [-0.2, -0.15) is 0 Å². The van der Waals surface area contributed by atoms with Crippen LogP contribution in [0.4, 0.5) is 0 Å². The lowest BCUT2D eigenvalue weighted by Crippen LogP contribution is -2.41. The smallest absolute Gasteiger partial charge is 0.312 e. The van der Waals surface area contributed by atoms with Gasteiger partial charge in [0.15, 0.2) is 0 Å². The van der Waals surface area contributed by atoms with Crippen LogP contribution in [0.3, 0.4) is 0 Å². The van der Waals surface area contributed by atoms with E-state index < -0.39 is 11.4 Å². The number of hydrogen-bond donors (Lipinski definition) is 1. The Morgan fingerprint density at radius 1 is 1.59 bits per heavy atom. The van der Waals surface area contributed by atoms with Gasteiger partial charge in [0.25, 0.3) is 0 Å². The van der Waals surface area contributed by atoms with E-state index in [2.05, 4.69) is 4.98 Å². The van der Waals surface area contributed by atoms with Crippen LogP contribution in [0.15, 0.2) is 18.5 Å². The summed E-state index contributed by atoms with van der Waals surface area (Å²) in [6.45, 7) is 2.93. The molecule has 0 saturated carbocycles. The van der Waals surface area contributed by atoms with Crippen LogP contribution in [-0.2, 0) is 16.0 Å². The molecule has 4 nitrogen and oxygen atoms in total. The highest BCUT2D eigenvalue weighted by molar-refractivity contribution is 5.75. The number of aliphatic carboxylic acids is 1. The van der Waals surface area contributed by atoms with Crippen LogP contribution in [0.1, 0.15) is 24.0 Å². The zero-order chi connectivity index (χ0) is 12.3. The fraction of sp³-hybridized carbons (Fsp3) is 0.538. The van der Waals surface area contributed by atoms with E-state index in [0.717, 1.165) is 17.5 Å². The van der Waals surface area contributed by atoms with Gasteiger partial charge < -0.3 is 9.84 Å². The van der Waals surface area contributed by atoms with E-state index in [-0.39, 0.29) is 0 Å². The maximum absolute atomic E-state index is 11.5. The molecule has 1 aliphatic rings. The van der Waals surface area contributed by atoms with Crippen LogP contribution in [0.5, 0.6) is 0 Å². The summed E-state index contributed by atoms with van der Waals surface area (Å²) in [6, 6.07) is 1.99. The Bertz CT molecular complexity index is 411. The summed E-state index contributed by atoms with van der Waals surface area (Å²) >= 11 is 0. The number of hydrogen-bond acceptors (Lipinski definition) is 3. The molecule has 1 N–H and O–H groups in total. The zero-order valence-corrected chi connectivity index (χ0v) is 9.98. The highest BCUT2D eigenvalue weighted by atomic mass is 16.5. The van der Waals surface area contributed by atoms with Gasteiger partial charge in [0.2, 0.25) is 0 Å². The first kappa shape index (κ1) is 12.0. The lowest BCUT2D eigenvalue weighted by Gasteiger charge is -2.33. The number of rotatable bonds is 3. The normalized spacial score (nSPS) is 24.5. The Kier molecular flexibility index (Phi) is 3.43. The molecule has 1 unspecified atom stereocenters. The van der Waals surface area contributed by atoms with Gasteiger partial charge in [-0.1, -0.05) is 6.07 Å². The minimum absolute atomic E-state index is 0.302. The molecule has 0 amide bonds. The maximum atomic E-state index is 11.5. The SMILES string of the molecule is Cc1cncc(CC2(C(=O)O)CCCOC2)c1. The monoisotopic (exact) mass is 235 g/mol. The van der Waals surface area contributed by atoms with Gasteiger partial charge in [-0.25, -0.2) is 0 Å². The minimum Gasteiger partial charge on any atom is -0.481 e. The molecule has 1 saturated heterocycles. The summed E-state index contributed by atoms with van der Waals surface area (Å²) in [5, 5.41) is 9.42. The van der Waals surface area contributed by atoms with Crippen molar-refractivity contribution in [3.63, 3.8) is 0 Å². The van der Waals surface area contributed by atoms with Crippen molar-refractivity contribution in [1.29, 1.82) is 0 Å². The predicted molar refractivity (Wildman–Crippen MR) is 62.8 cm³/mol. The summed E-state index contributed by atoms with van der Waals surface area (Å²) in [6.07, 6.45) is 5.50. The molecule has 1 fully saturated rings. The summed E-state index contributed by atoms with van der Waals surface area (Å²) in [7, 11) is 0. The Morgan fingerprint density at radius 3 is 3.00 bits per heavy atom. The number of carbonyl (C=O) groups is 1. The molecule has 0 aromatic carbocycles. The Labute approximate surface area is 101 Å². The number of carboxylic acids is 1. The van der Waals surface area contributed by atoms with Crippen LogP contribution in [-0.4, -0.2) is 29.3 Å². The van der Waals surface area contributed by atoms with Crippen LogP contribution in [0.2, 0.25) is 0 Å². The van der Waals surface area contributed by atoms with E-state index in [1.54, 1.807) is 12.4 Å². The highest BCUT2D eigenvalue weighted by Crippen LogP contribution is 2.32. The number of carboxylic acid groups (broad SMARTS) is 1. The third-order valence-electron chi connectivity index (χ3n) is 3.25. The summed E-state index contributed by atoms with van der Waals surface area (Å²) < 4.78 is 5.35. The molecule has 2 heterocycles. The average molecular weight is 235 g/mol. The standard InChI is InChI=1S/C13H17NO3/c1-10-5-11(8-14-7-10)6-13(12(15)16)3-2-4-17-9-13/h5,7-8H,2-4,6,9H2,1H3,(H,15,16). The molecule has 2 rings (SSSR count). The molecule has 0 bridgehead atoms. The summed E-state index contributed by atoms with van der Waals surface area (Å²) in [4.78, 5) is 15.6. The van der Waals surface area contributed by atoms with Gasteiger partial charge in [0, 0.05) is 19.0 Å². The van der Waals surface area contributed by atoms with Gasteiger partial charge >= 0.3 is 5.97 Å². The molecule has 1 aromatic heterocycles. The second kappa shape index (κ2) is 4.84. The Hall–Kier alpha value is -1.42. The van der Waals surface area contributed by atoms with E-state index in [9.17, 15) is 9.90 Å². The first-order valence-corrected chi connectivity index (χ1v) is 5.84. The van der Waals surface area contributed by atoms with Crippen LogP contribution < -0.4 is 0 Å². The number of aryl methyl sites for hydroxylation is 1. The molecule has 1 atom stereocenters. The topological polar surface area (TPSA) is 59.4 Å². The zero-order valence-electron chi connectivity index (χ0n) is 9.98. The van der Waals surface area contributed by atoms with Gasteiger partial charge in [-0.05, 0) is 37.3 Å².